The van der Waals surface area contributed by atoms with Gasteiger partial charge in [0, 0.05) is 18.0 Å². The van der Waals surface area contributed by atoms with Crippen molar-refractivity contribution in [2.24, 2.45) is 0 Å². The van der Waals surface area contributed by atoms with Gasteiger partial charge in [0.05, 0.1) is 31.7 Å². The van der Waals surface area contributed by atoms with Crippen molar-refractivity contribution in [3.8, 4) is 0 Å². The number of pyridine rings is 1. The van der Waals surface area contributed by atoms with Gasteiger partial charge < -0.3 is 9.80 Å². The molecular formula is C17H20N3O+. The van der Waals surface area contributed by atoms with E-state index in [4.69, 9.17) is 0 Å². The van der Waals surface area contributed by atoms with Crippen LogP contribution in [0.4, 0.5) is 0 Å². The second kappa shape index (κ2) is 6.50. The van der Waals surface area contributed by atoms with E-state index in [1.54, 1.807) is 12.4 Å². The van der Waals surface area contributed by atoms with E-state index in [1.165, 1.54) is 10.5 Å². The Bertz CT molecular complexity index is 577. The predicted octanol–water partition coefficient (Wildman–Crippen LogP) is 0.622. The molecule has 0 saturated carbocycles. The van der Waals surface area contributed by atoms with Crippen LogP contribution in [-0.2, 0) is 6.54 Å². The van der Waals surface area contributed by atoms with E-state index in [1.807, 2.05) is 23.1 Å². The zero-order chi connectivity index (χ0) is 14.5. The van der Waals surface area contributed by atoms with Crippen LogP contribution in [0.5, 0.6) is 0 Å². The van der Waals surface area contributed by atoms with Gasteiger partial charge in [-0.25, -0.2) is 0 Å². The lowest BCUT2D eigenvalue weighted by molar-refractivity contribution is -0.917. The lowest BCUT2D eigenvalue weighted by Crippen LogP contribution is -3.13. The molecule has 1 aliphatic heterocycles. The molecule has 2 heterocycles. The minimum Gasteiger partial charge on any atom is -0.328 e. The summed E-state index contributed by atoms with van der Waals surface area (Å²) in [6, 6.07) is 14.2. The van der Waals surface area contributed by atoms with Gasteiger partial charge in [0.25, 0.3) is 5.91 Å². The number of carbonyl (C=O) groups is 1. The first kappa shape index (κ1) is 13.8. The maximum absolute atomic E-state index is 12.3. The topological polar surface area (TPSA) is 37.6 Å². The van der Waals surface area contributed by atoms with Gasteiger partial charge >= 0.3 is 0 Å². The van der Waals surface area contributed by atoms with Crippen molar-refractivity contribution in [2.45, 2.75) is 6.54 Å². The molecule has 0 unspecified atom stereocenters. The molecule has 3 rings (SSSR count). The van der Waals surface area contributed by atoms with E-state index in [9.17, 15) is 4.79 Å². The van der Waals surface area contributed by atoms with Crippen LogP contribution in [0.3, 0.4) is 0 Å². The van der Waals surface area contributed by atoms with Crippen molar-refractivity contribution in [2.75, 3.05) is 26.2 Å². The Morgan fingerprint density at radius 2 is 1.86 bits per heavy atom. The number of carbonyl (C=O) groups excluding carboxylic acids is 1. The van der Waals surface area contributed by atoms with E-state index in [0.717, 1.165) is 32.7 Å². The van der Waals surface area contributed by atoms with Crippen LogP contribution < -0.4 is 4.90 Å². The van der Waals surface area contributed by atoms with E-state index in [-0.39, 0.29) is 5.91 Å². The number of nitrogens with one attached hydrogen (secondary N) is 1. The second-order valence-electron chi connectivity index (χ2n) is 5.45. The second-order valence-corrected chi connectivity index (χ2v) is 5.45. The van der Waals surface area contributed by atoms with Crippen LogP contribution in [0.15, 0.2) is 54.9 Å². The van der Waals surface area contributed by atoms with Gasteiger partial charge in [-0.05, 0) is 12.1 Å². The van der Waals surface area contributed by atoms with Crippen molar-refractivity contribution in [3.63, 3.8) is 0 Å². The highest BCUT2D eigenvalue weighted by Gasteiger charge is 2.24. The summed E-state index contributed by atoms with van der Waals surface area (Å²) in [5, 5.41) is 0. The van der Waals surface area contributed by atoms with Gasteiger partial charge in [-0.15, -0.1) is 0 Å². The van der Waals surface area contributed by atoms with E-state index < -0.39 is 0 Å². The highest BCUT2D eigenvalue weighted by atomic mass is 16.2. The molecule has 21 heavy (non-hydrogen) atoms. The monoisotopic (exact) mass is 282 g/mol. The summed E-state index contributed by atoms with van der Waals surface area (Å²) in [5.74, 6) is 0.0989. The predicted molar refractivity (Wildman–Crippen MR) is 81.0 cm³/mol. The van der Waals surface area contributed by atoms with Crippen LogP contribution in [-0.4, -0.2) is 42.0 Å². The number of rotatable bonds is 3. The molecule has 0 aliphatic carbocycles. The average Bonchev–Trinajstić information content (AvgIpc) is 2.57. The third-order valence-electron chi connectivity index (χ3n) is 3.96. The van der Waals surface area contributed by atoms with Gasteiger partial charge in [0.15, 0.2) is 0 Å². The van der Waals surface area contributed by atoms with Crippen LogP contribution in [0.25, 0.3) is 0 Å². The Morgan fingerprint density at radius 3 is 2.52 bits per heavy atom. The summed E-state index contributed by atoms with van der Waals surface area (Å²) in [6.45, 7) is 4.67. The standard InChI is InChI=1S/C17H19N3O/c21-17(16-7-4-8-18-13-16)20-11-9-19(10-12-20)14-15-5-2-1-3-6-15/h1-8,13H,9-12,14H2/p+1. The maximum Gasteiger partial charge on any atom is 0.255 e. The zero-order valence-corrected chi connectivity index (χ0v) is 12.0. The first-order valence-corrected chi connectivity index (χ1v) is 7.40. The zero-order valence-electron chi connectivity index (χ0n) is 12.0. The minimum absolute atomic E-state index is 0.0989. The van der Waals surface area contributed by atoms with Gasteiger partial charge in [-0.1, -0.05) is 30.3 Å². The van der Waals surface area contributed by atoms with Crippen molar-refractivity contribution in [1.82, 2.24) is 9.88 Å². The molecule has 1 aliphatic rings. The SMILES string of the molecule is O=C(c1cccnc1)N1CC[NH+](Cc2ccccc2)CC1. The molecule has 108 valence electrons. The molecule has 0 radical (unpaired) electrons. The van der Waals surface area contributed by atoms with Crippen molar-refractivity contribution in [1.29, 1.82) is 0 Å². The fourth-order valence-corrected chi connectivity index (χ4v) is 2.76. The number of hydrogen-bond acceptors (Lipinski definition) is 2. The molecule has 0 atom stereocenters. The number of hydrogen-bond donors (Lipinski definition) is 1. The van der Waals surface area contributed by atoms with Crippen LogP contribution in [0.1, 0.15) is 15.9 Å². The Morgan fingerprint density at radius 1 is 1.10 bits per heavy atom. The van der Waals surface area contributed by atoms with Crippen LogP contribution in [0, 0.1) is 0 Å². The highest BCUT2D eigenvalue weighted by Crippen LogP contribution is 2.03. The van der Waals surface area contributed by atoms with Crippen molar-refractivity contribution in [3.05, 3.63) is 66.0 Å². The Kier molecular flexibility index (Phi) is 4.26. The molecule has 4 nitrogen and oxygen atoms in total. The highest BCUT2D eigenvalue weighted by molar-refractivity contribution is 5.93. The third-order valence-corrected chi connectivity index (χ3v) is 3.96. The van der Waals surface area contributed by atoms with Crippen molar-refractivity contribution < 1.29 is 9.69 Å². The normalized spacial score (nSPS) is 15.9. The van der Waals surface area contributed by atoms with E-state index >= 15 is 0 Å². The minimum atomic E-state index is 0.0989. The summed E-state index contributed by atoms with van der Waals surface area (Å²) >= 11 is 0. The maximum atomic E-state index is 12.3. The Balaban J connectivity index is 1.54. The largest absolute Gasteiger partial charge is 0.328 e. The average molecular weight is 282 g/mol. The van der Waals surface area contributed by atoms with Crippen molar-refractivity contribution >= 4 is 5.91 Å². The number of nitrogens with zero attached hydrogens (tertiary/aromatic N) is 2. The summed E-state index contributed by atoms with van der Waals surface area (Å²) in [4.78, 5) is 19.8. The summed E-state index contributed by atoms with van der Waals surface area (Å²) in [5.41, 5.74) is 2.04. The van der Waals surface area contributed by atoms with Gasteiger partial charge in [0.1, 0.15) is 6.54 Å². The quantitative estimate of drug-likeness (QED) is 0.896. The molecule has 2 aromatic rings. The molecule has 1 saturated heterocycles. The fraction of sp³-hybridized carbons (Fsp3) is 0.294. The first-order chi connectivity index (χ1) is 10.3. The van der Waals surface area contributed by atoms with E-state index in [2.05, 4.69) is 29.2 Å². The number of quaternary nitrogens is 1. The molecule has 0 spiro atoms. The number of benzene rings is 1. The molecule has 1 N–H and O–H groups in total. The Hall–Kier alpha value is -2.20. The molecule has 0 bridgehead atoms. The van der Waals surface area contributed by atoms with Gasteiger partial charge in [0.2, 0.25) is 0 Å². The summed E-state index contributed by atoms with van der Waals surface area (Å²) in [6.07, 6.45) is 3.34. The third kappa shape index (κ3) is 3.47. The molecular weight excluding hydrogens is 262 g/mol. The lowest BCUT2D eigenvalue weighted by atomic mass is 10.2. The van der Waals surface area contributed by atoms with E-state index in [0.29, 0.717) is 5.56 Å². The lowest BCUT2D eigenvalue weighted by Gasteiger charge is -2.32. The summed E-state index contributed by atoms with van der Waals surface area (Å²) < 4.78 is 0. The number of aromatic nitrogens is 1. The molecule has 1 aromatic carbocycles. The number of amides is 1. The van der Waals surface area contributed by atoms with Gasteiger partial charge in [-0.3, -0.25) is 9.78 Å². The Labute approximate surface area is 125 Å². The fourth-order valence-electron chi connectivity index (χ4n) is 2.76. The molecule has 1 aromatic heterocycles. The molecule has 1 fully saturated rings. The van der Waals surface area contributed by atoms with Gasteiger partial charge in [-0.2, -0.15) is 0 Å². The first-order valence-electron chi connectivity index (χ1n) is 7.40. The van der Waals surface area contributed by atoms with Crippen LogP contribution >= 0.6 is 0 Å². The number of piperazine rings is 1. The summed E-state index contributed by atoms with van der Waals surface area (Å²) in [7, 11) is 0. The van der Waals surface area contributed by atoms with Crippen LogP contribution in [0.2, 0.25) is 0 Å². The molecule has 1 amide bonds. The smallest absolute Gasteiger partial charge is 0.255 e. The molecule has 4 heteroatoms.